The molecule has 1 heterocycles. The molecule has 0 unspecified atom stereocenters. The Hall–Kier alpha value is -1.10. The molecule has 0 aliphatic heterocycles. The van der Waals surface area contributed by atoms with Gasteiger partial charge in [-0.2, -0.15) is 0 Å². The van der Waals surface area contributed by atoms with Crippen LogP contribution in [0.5, 0.6) is 0 Å². The number of anilines is 1. The number of hydrogen-bond donors (Lipinski definition) is 1. The Morgan fingerprint density at radius 1 is 1.47 bits per heavy atom. The van der Waals surface area contributed by atoms with Crippen LogP contribution in [-0.4, -0.2) is 18.1 Å². The molecule has 1 aliphatic carbocycles. The van der Waals surface area contributed by atoms with E-state index in [2.05, 4.69) is 9.71 Å². The highest BCUT2D eigenvalue weighted by Crippen LogP contribution is 2.43. The molecule has 1 aromatic rings. The van der Waals surface area contributed by atoms with Crippen LogP contribution < -0.4 is 4.72 Å². The lowest BCUT2D eigenvalue weighted by Crippen LogP contribution is -2.27. The third kappa shape index (κ3) is 1.84. The summed E-state index contributed by atoms with van der Waals surface area (Å²) in [6.45, 7) is 3.55. The van der Waals surface area contributed by atoms with Crippen molar-refractivity contribution in [2.24, 2.45) is 0 Å². The second kappa shape index (κ2) is 3.20. The van der Waals surface area contributed by atoms with E-state index in [9.17, 15) is 8.42 Å². The summed E-state index contributed by atoms with van der Waals surface area (Å²) in [5.74, 6) is 0. The van der Waals surface area contributed by atoms with Crippen molar-refractivity contribution in [1.82, 2.24) is 4.98 Å². The quantitative estimate of drug-likeness (QED) is 0.853. The monoisotopic (exact) mass is 226 g/mol. The van der Waals surface area contributed by atoms with Gasteiger partial charge in [0.1, 0.15) is 0 Å². The van der Waals surface area contributed by atoms with E-state index in [1.807, 2.05) is 0 Å². The van der Waals surface area contributed by atoms with Crippen LogP contribution in [0.2, 0.25) is 0 Å². The molecule has 4 nitrogen and oxygen atoms in total. The highest BCUT2D eigenvalue weighted by Gasteiger charge is 2.50. The number of pyridine rings is 1. The minimum atomic E-state index is -3.25. The standard InChI is InChI=1S/C10H14N2O2S/c1-8-9(4-3-7-11-8)12-15(13,14)10(2)5-6-10/h3-4,7,12H,5-6H2,1-2H3. The normalized spacial score (nSPS) is 18.5. The van der Waals surface area contributed by atoms with Gasteiger partial charge in [-0.3, -0.25) is 9.71 Å². The maximum Gasteiger partial charge on any atom is 0.238 e. The van der Waals surface area contributed by atoms with E-state index >= 15 is 0 Å². The first-order valence-corrected chi connectivity index (χ1v) is 6.37. The lowest BCUT2D eigenvalue weighted by molar-refractivity contribution is 0.587. The number of aryl methyl sites for hydroxylation is 1. The summed E-state index contributed by atoms with van der Waals surface area (Å²) in [6.07, 6.45) is 3.12. The number of nitrogens with zero attached hydrogens (tertiary/aromatic N) is 1. The molecule has 1 saturated carbocycles. The van der Waals surface area contributed by atoms with Crippen LogP contribution >= 0.6 is 0 Å². The molecule has 2 rings (SSSR count). The van der Waals surface area contributed by atoms with Crippen LogP contribution in [0.3, 0.4) is 0 Å². The van der Waals surface area contributed by atoms with Crippen molar-refractivity contribution in [2.75, 3.05) is 4.72 Å². The molecule has 82 valence electrons. The average molecular weight is 226 g/mol. The van der Waals surface area contributed by atoms with Gasteiger partial charge in [-0.1, -0.05) is 0 Å². The summed E-state index contributed by atoms with van der Waals surface area (Å²) in [5.41, 5.74) is 1.27. The molecule has 0 bridgehead atoms. The Labute approximate surface area is 89.8 Å². The van der Waals surface area contributed by atoms with Gasteiger partial charge in [0.2, 0.25) is 10.0 Å². The zero-order valence-electron chi connectivity index (χ0n) is 8.82. The Bertz CT molecular complexity index is 478. The summed E-state index contributed by atoms with van der Waals surface area (Å²) in [6, 6.07) is 3.45. The summed E-state index contributed by atoms with van der Waals surface area (Å²) in [7, 11) is -3.25. The molecule has 0 amide bonds. The number of sulfonamides is 1. The van der Waals surface area contributed by atoms with Crippen LogP contribution in [0, 0.1) is 6.92 Å². The highest BCUT2D eigenvalue weighted by atomic mass is 32.2. The van der Waals surface area contributed by atoms with Crippen LogP contribution in [-0.2, 0) is 10.0 Å². The topological polar surface area (TPSA) is 59.1 Å². The third-order valence-electron chi connectivity index (χ3n) is 2.85. The van der Waals surface area contributed by atoms with Gasteiger partial charge in [-0.15, -0.1) is 0 Å². The second-order valence-corrected chi connectivity index (χ2v) is 6.39. The van der Waals surface area contributed by atoms with Crippen molar-refractivity contribution < 1.29 is 8.42 Å². The highest BCUT2D eigenvalue weighted by molar-refractivity contribution is 7.94. The first kappa shape index (κ1) is 10.4. The first-order chi connectivity index (χ1) is 6.95. The molecule has 0 spiro atoms. The van der Waals surface area contributed by atoms with Crippen molar-refractivity contribution in [3.05, 3.63) is 24.0 Å². The van der Waals surface area contributed by atoms with Gasteiger partial charge < -0.3 is 0 Å². The van der Waals surface area contributed by atoms with Crippen molar-refractivity contribution in [2.45, 2.75) is 31.4 Å². The molecule has 0 atom stereocenters. The van der Waals surface area contributed by atoms with E-state index in [4.69, 9.17) is 0 Å². The van der Waals surface area contributed by atoms with Gasteiger partial charge >= 0.3 is 0 Å². The fourth-order valence-corrected chi connectivity index (χ4v) is 2.70. The van der Waals surface area contributed by atoms with Gasteiger partial charge in [0.25, 0.3) is 0 Å². The van der Waals surface area contributed by atoms with E-state index in [1.54, 1.807) is 32.2 Å². The van der Waals surface area contributed by atoms with Crippen molar-refractivity contribution >= 4 is 15.7 Å². The Kier molecular flexibility index (Phi) is 2.22. The van der Waals surface area contributed by atoms with Crippen LogP contribution in [0.15, 0.2) is 18.3 Å². The van der Waals surface area contributed by atoms with Gasteiger partial charge in [0.05, 0.1) is 16.1 Å². The molecule has 1 aromatic heterocycles. The minimum absolute atomic E-state index is 0.574. The molecule has 0 radical (unpaired) electrons. The molecule has 5 heteroatoms. The average Bonchev–Trinajstić information content (AvgIpc) is 2.89. The molecule has 1 fully saturated rings. The number of hydrogen-bond acceptors (Lipinski definition) is 3. The van der Waals surface area contributed by atoms with Crippen LogP contribution in [0.4, 0.5) is 5.69 Å². The Morgan fingerprint density at radius 3 is 2.67 bits per heavy atom. The number of nitrogens with one attached hydrogen (secondary N) is 1. The zero-order valence-corrected chi connectivity index (χ0v) is 9.63. The predicted octanol–water partition coefficient (Wildman–Crippen LogP) is 1.68. The first-order valence-electron chi connectivity index (χ1n) is 4.89. The smallest absolute Gasteiger partial charge is 0.238 e. The summed E-state index contributed by atoms with van der Waals surface area (Å²) < 4.78 is 25.8. The van der Waals surface area contributed by atoms with E-state index in [0.29, 0.717) is 11.4 Å². The van der Waals surface area contributed by atoms with Crippen molar-refractivity contribution in [3.63, 3.8) is 0 Å². The number of rotatable bonds is 3. The number of aromatic nitrogens is 1. The van der Waals surface area contributed by atoms with Crippen LogP contribution in [0.25, 0.3) is 0 Å². The lowest BCUT2D eigenvalue weighted by Gasteiger charge is -2.13. The maximum absolute atomic E-state index is 11.9. The van der Waals surface area contributed by atoms with Crippen molar-refractivity contribution in [1.29, 1.82) is 0 Å². The summed E-state index contributed by atoms with van der Waals surface area (Å²) in [5, 5.41) is 0. The van der Waals surface area contributed by atoms with Crippen LogP contribution in [0.1, 0.15) is 25.5 Å². The lowest BCUT2D eigenvalue weighted by atomic mass is 10.3. The summed E-state index contributed by atoms with van der Waals surface area (Å²) in [4.78, 5) is 4.04. The van der Waals surface area contributed by atoms with E-state index in [0.717, 1.165) is 12.8 Å². The molecular formula is C10H14N2O2S. The largest absolute Gasteiger partial charge is 0.281 e. The fourth-order valence-electron chi connectivity index (χ4n) is 1.30. The zero-order chi connectivity index (χ0) is 11.1. The molecule has 0 aromatic carbocycles. The van der Waals surface area contributed by atoms with E-state index in [1.165, 1.54) is 0 Å². The predicted molar refractivity (Wildman–Crippen MR) is 59.2 cm³/mol. The van der Waals surface area contributed by atoms with E-state index < -0.39 is 14.8 Å². The minimum Gasteiger partial charge on any atom is -0.281 e. The van der Waals surface area contributed by atoms with Crippen molar-refractivity contribution in [3.8, 4) is 0 Å². The summed E-state index contributed by atoms with van der Waals surface area (Å²) >= 11 is 0. The molecule has 15 heavy (non-hydrogen) atoms. The van der Waals surface area contributed by atoms with Gasteiger partial charge in [0, 0.05) is 6.20 Å². The van der Waals surface area contributed by atoms with E-state index in [-0.39, 0.29) is 0 Å². The van der Waals surface area contributed by atoms with Gasteiger partial charge in [0.15, 0.2) is 0 Å². The van der Waals surface area contributed by atoms with Gasteiger partial charge in [-0.25, -0.2) is 8.42 Å². The fraction of sp³-hybridized carbons (Fsp3) is 0.500. The Morgan fingerprint density at radius 2 is 2.13 bits per heavy atom. The molecule has 1 N–H and O–H groups in total. The van der Waals surface area contributed by atoms with Gasteiger partial charge in [-0.05, 0) is 38.8 Å². The molecule has 1 aliphatic rings. The SMILES string of the molecule is Cc1ncccc1NS(=O)(=O)C1(C)CC1. The Balaban J connectivity index is 2.27. The second-order valence-electron chi connectivity index (χ2n) is 4.19. The maximum atomic E-state index is 11.9. The third-order valence-corrected chi connectivity index (χ3v) is 5.05. The molecular weight excluding hydrogens is 212 g/mol. The molecule has 0 saturated heterocycles.